The fourth-order valence-corrected chi connectivity index (χ4v) is 0.986. The lowest BCUT2D eigenvalue weighted by atomic mass is 9.87. The van der Waals surface area contributed by atoms with Gasteiger partial charge < -0.3 is 5.73 Å². The van der Waals surface area contributed by atoms with Gasteiger partial charge in [-0.1, -0.05) is 32.9 Å². The minimum atomic E-state index is 0.164. The van der Waals surface area contributed by atoms with Crippen LogP contribution in [0.5, 0.6) is 0 Å². The van der Waals surface area contributed by atoms with Crippen molar-refractivity contribution in [3.05, 3.63) is 29.8 Å². The van der Waals surface area contributed by atoms with Gasteiger partial charge in [-0.2, -0.15) is 0 Å². The van der Waals surface area contributed by atoms with Gasteiger partial charge in [0.15, 0.2) is 0 Å². The summed E-state index contributed by atoms with van der Waals surface area (Å²) in [5.74, 6) is 0. The highest BCUT2D eigenvalue weighted by atomic mass is 14.5. The molecule has 0 aliphatic heterocycles. The first-order valence-corrected chi connectivity index (χ1v) is 3.82. The molecule has 1 nitrogen and oxygen atoms in total. The van der Waals surface area contributed by atoms with Gasteiger partial charge in [0.05, 0.1) is 5.69 Å². The van der Waals surface area contributed by atoms with Crippen molar-refractivity contribution in [3.63, 3.8) is 0 Å². The normalized spacial score (nSPS) is 11.5. The Hall–Kier alpha value is -0.980. The first-order chi connectivity index (χ1) is 5.00. The molecule has 1 rings (SSSR count). The fraction of sp³-hybridized carbons (Fsp3) is 0.400. The Morgan fingerprint density at radius 3 is 2.18 bits per heavy atom. The van der Waals surface area contributed by atoms with Crippen molar-refractivity contribution in [2.24, 2.45) is 0 Å². The van der Waals surface area contributed by atoms with Gasteiger partial charge in [0.1, 0.15) is 0 Å². The molecule has 1 aromatic carbocycles. The molecule has 0 amide bonds. The molecule has 0 aromatic heterocycles. The molecule has 0 aliphatic carbocycles. The third kappa shape index (κ3) is 1.97. The Labute approximate surface area is 68.2 Å². The van der Waals surface area contributed by atoms with E-state index in [2.05, 4.69) is 26.8 Å². The molecule has 11 heavy (non-hydrogen) atoms. The quantitative estimate of drug-likeness (QED) is 0.540. The molecule has 0 saturated heterocycles. The van der Waals surface area contributed by atoms with Gasteiger partial charge in [-0.25, -0.2) is 0 Å². The van der Waals surface area contributed by atoms with Crippen LogP contribution in [0.25, 0.3) is 0 Å². The van der Waals surface area contributed by atoms with E-state index in [1.54, 1.807) is 6.07 Å². The minimum absolute atomic E-state index is 0.164. The molecule has 1 N–H and O–H groups in total. The smallest absolute Gasteiger partial charge is 0.0542 e. The van der Waals surface area contributed by atoms with Gasteiger partial charge in [0.2, 0.25) is 0 Å². The summed E-state index contributed by atoms with van der Waals surface area (Å²) in [6, 6.07) is 7.72. The summed E-state index contributed by atoms with van der Waals surface area (Å²) in [4.78, 5) is 0. The molecule has 0 bridgehead atoms. The largest absolute Gasteiger partial charge is 0.301 e. The maximum atomic E-state index is 7.42. The Morgan fingerprint density at radius 1 is 1.18 bits per heavy atom. The van der Waals surface area contributed by atoms with Gasteiger partial charge >= 0.3 is 0 Å². The van der Waals surface area contributed by atoms with Crippen LogP contribution < -0.4 is 5.73 Å². The summed E-state index contributed by atoms with van der Waals surface area (Å²) in [5.41, 5.74) is 9.40. The summed E-state index contributed by atoms with van der Waals surface area (Å²) < 4.78 is 0. The zero-order valence-electron chi connectivity index (χ0n) is 7.31. The van der Waals surface area contributed by atoms with E-state index in [0.717, 1.165) is 0 Å². The standard InChI is InChI=1S/C10H14N/c1-10(2,3)8-5-4-6-9(11)7-8/h4-7,11H,1-3H3. The molecular weight excluding hydrogens is 134 g/mol. The van der Waals surface area contributed by atoms with Crippen molar-refractivity contribution in [2.75, 3.05) is 0 Å². The molecule has 0 saturated carbocycles. The average Bonchev–Trinajstić information content (AvgIpc) is 1.86. The first-order valence-electron chi connectivity index (χ1n) is 3.82. The summed E-state index contributed by atoms with van der Waals surface area (Å²) in [6.45, 7) is 6.46. The van der Waals surface area contributed by atoms with Crippen molar-refractivity contribution >= 4 is 5.69 Å². The minimum Gasteiger partial charge on any atom is -0.301 e. The van der Waals surface area contributed by atoms with E-state index in [1.807, 2.05) is 12.1 Å². The van der Waals surface area contributed by atoms with Crippen LogP contribution in [-0.4, -0.2) is 0 Å². The second-order valence-corrected chi connectivity index (χ2v) is 3.83. The summed E-state index contributed by atoms with van der Waals surface area (Å²) >= 11 is 0. The van der Waals surface area contributed by atoms with Gasteiger partial charge in [0.25, 0.3) is 0 Å². The van der Waals surface area contributed by atoms with Crippen LogP contribution in [0.4, 0.5) is 5.69 Å². The molecule has 59 valence electrons. The third-order valence-corrected chi connectivity index (χ3v) is 1.73. The number of nitrogens with one attached hydrogen (secondary N) is 1. The highest BCUT2D eigenvalue weighted by Gasteiger charge is 2.12. The molecule has 1 radical (unpaired) electrons. The van der Waals surface area contributed by atoms with E-state index in [1.165, 1.54) is 5.56 Å². The SMILES string of the molecule is CC(C)(C)c1cccc([NH])c1. The summed E-state index contributed by atoms with van der Waals surface area (Å²) in [7, 11) is 0. The number of hydrogen-bond acceptors (Lipinski definition) is 0. The maximum absolute atomic E-state index is 7.42. The van der Waals surface area contributed by atoms with E-state index >= 15 is 0 Å². The van der Waals surface area contributed by atoms with Gasteiger partial charge in [0, 0.05) is 0 Å². The Bertz CT molecular complexity index is 245. The van der Waals surface area contributed by atoms with Crippen molar-refractivity contribution < 1.29 is 0 Å². The lowest BCUT2D eigenvalue weighted by molar-refractivity contribution is 0.590. The number of rotatable bonds is 0. The molecule has 0 atom stereocenters. The van der Waals surface area contributed by atoms with Crippen molar-refractivity contribution in [2.45, 2.75) is 26.2 Å². The van der Waals surface area contributed by atoms with Gasteiger partial charge in [-0.3, -0.25) is 0 Å². The topological polar surface area (TPSA) is 23.8 Å². The van der Waals surface area contributed by atoms with Crippen LogP contribution in [0.15, 0.2) is 24.3 Å². The first kappa shape index (κ1) is 8.12. The molecule has 0 fully saturated rings. The van der Waals surface area contributed by atoms with Crippen molar-refractivity contribution in [3.8, 4) is 0 Å². The molecular formula is C10H14N. The molecule has 1 aromatic rings. The van der Waals surface area contributed by atoms with E-state index in [-0.39, 0.29) is 5.41 Å². The van der Waals surface area contributed by atoms with Crippen LogP contribution >= 0.6 is 0 Å². The van der Waals surface area contributed by atoms with E-state index < -0.39 is 0 Å². The Kier molecular flexibility index (Phi) is 1.90. The fourth-order valence-electron chi connectivity index (χ4n) is 0.986. The highest BCUT2D eigenvalue weighted by Crippen LogP contribution is 2.23. The molecule has 0 unspecified atom stereocenters. The zero-order valence-corrected chi connectivity index (χ0v) is 7.31. The summed E-state index contributed by atoms with van der Waals surface area (Å²) in [6.07, 6.45) is 0. The van der Waals surface area contributed by atoms with Crippen LogP contribution in [0.3, 0.4) is 0 Å². The van der Waals surface area contributed by atoms with Crippen molar-refractivity contribution in [1.29, 1.82) is 0 Å². The monoisotopic (exact) mass is 148 g/mol. The van der Waals surface area contributed by atoms with Crippen LogP contribution in [0, 0.1) is 0 Å². The highest BCUT2D eigenvalue weighted by molar-refractivity contribution is 5.39. The van der Waals surface area contributed by atoms with Crippen LogP contribution in [0.2, 0.25) is 0 Å². The number of benzene rings is 1. The van der Waals surface area contributed by atoms with E-state index in [0.29, 0.717) is 5.69 Å². The number of hydrogen-bond donors (Lipinski definition) is 0. The lowest BCUT2D eigenvalue weighted by Gasteiger charge is -2.18. The van der Waals surface area contributed by atoms with E-state index in [9.17, 15) is 0 Å². The maximum Gasteiger partial charge on any atom is 0.0542 e. The zero-order chi connectivity index (χ0) is 8.48. The summed E-state index contributed by atoms with van der Waals surface area (Å²) in [5, 5.41) is 0. The predicted molar refractivity (Wildman–Crippen MR) is 47.9 cm³/mol. The molecule has 0 aliphatic rings. The van der Waals surface area contributed by atoms with Gasteiger partial charge in [-0.15, -0.1) is 0 Å². The molecule has 0 heterocycles. The molecule has 0 spiro atoms. The average molecular weight is 148 g/mol. The lowest BCUT2D eigenvalue weighted by Crippen LogP contribution is -2.10. The van der Waals surface area contributed by atoms with Gasteiger partial charge in [-0.05, 0) is 23.1 Å². The van der Waals surface area contributed by atoms with Crippen LogP contribution in [0.1, 0.15) is 26.3 Å². The Balaban J connectivity index is 3.06. The second-order valence-electron chi connectivity index (χ2n) is 3.83. The Morgan fingerprint density at radius 2 is 1.82 bits per heavy atom. The predicted octanol–water partition coefficient (Wildman–Crippen LogP) is 2.90. The third-order valence-electron chi connectivity index (χ3n) is 1.73. The second kappa shape index (κ2) is 2.57. The van der Waals surface area contributed by atoms with Crippen LogP contribution in [-0.2, 0) is 5.41 Å². The van der Waals surface area contributed by atoms with Crippen molar-refractivity contribution in [1.82, 2.24) is 5.73 Å². The van der Waals surface area contributed by atoms with E-state index in [4.69, 9.17) is 5.73 Å². The molecule has 1 heteroatoms.